The number of methoxy groups -OCH3 is 1. The maximum Gasteiger partial charge on any atom is 0.237 e. The first-order chi connectivity index (χ1) is 8.70. The van der Waals surface area contributed by atoms with Crippen molar-refractivity contribution in [1.29, 1.82) is 0 Å². The van der Waals surface area contributed by atoms with Crippen LogP contribution in [-0.4, -0.2) is 50.7 Å². The third-order valence-corrected chi connectivity index (χ3v) is 3.41. The molecule has 102 valence electrons. The Morgan fingerprint density at radius 3 is 2.44 bits per heavy atom. The van der Waals surface area contributed by atoms with E-state index in [2.05, 4.69) is 16.0 Å². The van der Waals surface area contributed by atoms with Gasteiger partial charge < -0.3 is 20.7 Å². The molecule has 2 rings (SSSR count). The molecular formula is C12H21N3O3. The van der Waals surface area contributed by atoms with E-state index in [1.54, 1.807) is 7.11 Å². The molecule has 2 fully saturated rings. The van der Waals surface area contributed by atoms with Crippen molar-refractivity contribution in [2.24, 2.45) is 5.92 Å². The summed E-state index contributed by atoms with van der Waals surface area (Å²) in [5, 5.41) is 8.73. The summed E-state index contributed by atoms with van der Waals surface area (Å²) in [4.78, 5) is 23.1. The van der Waals surface area contributed by atoms with Gasteiger partial charge in [0.25, 0.3) is 0 Å². The average Bonchev–Trinajstić information content (AvgIpc) is 3.12. The summed E-state index contributed by atoms with van der Waals surface area (Å²) in [6.45, 7) is 1.70. The third-order valence-electron chi connectivity index (χ3n) is 3.41. The molecular weight excluding hydrogens is 234 g/mol. The van der Waals surface area contributed by atoms with E-state index in [0.717, 1.165) is 12.8 Å². The molecule has 0 aromatic rings. The molecule has 2 aliphatic rings. The van der Waals surface area contributed by atoms with Gasteiger partial charge in [0.2, 0.25) is 11.8 Å². The molecule has 1 saturated carbocycles. The first-order valence-electron chi connectivity index (χ1n) is 6.52. The standard InChI is InChI=1S/C12H21N3O3/c1-18-9-6-10(15-7-9)12(17)14-5-4-13-11(16)8-2-3-8/h8-10,15H,2-7H2,1H3,(H,13,16)(H,14,17). The molecule has 1 aliphatic carbocycles. The van der Waals surface area contributed by atoms with Crippen LogP contribution in [0.15, 0.2) is 0 Å². The summed E-state index contributed by atoms with van der Waals surface area (Å²) in [7, 11) is 1.65. The van der Waals surface area contributed by atoms with Crippen LogP contribution in [0.2, 0.25) is 0 Å². The molecule has 6 nitrogen and oxygen atoms in total. The number of nitrogens with one attached hydrogen (secondary N) is 3. The highest BCUT2D eigenvalue weighted by molar-refractivity contribution is 5.82. The number of amides is 2. The Morgan fingerprint density at radius 1 is 1.22 bits per heavy atom. The van der Waals surface area contributed by atoms with Gasteiger partial charge in [-0.1, -0.05) is 0 Å². The van der Waals surface area contributed by atoms with Gasteiger partial charge in [-0.15, -0.1) is 0 Å². The van der Waals surface area contributed by atoms with Crippen LogP contribution in [0.25, 0.3) is 0 Å². The maximum absolute atomic E-state index is 11.8. The van der Waals surface area contributed by atoms with Gasteiger partial charge in [-0.2, -0.15) is 0 Å². The topological polar surface area (TPSA) is 79.5 Å². The largest absolute Gasteiger partial charge is 0.380 e. The van der Waals surface area contributed by atoms with Gasteiger partial charge >= 0.3 is 0 Å². The lowest BCUT2D eigenvalue weighted by Crippen LogP contribution is -2.43. The van der Waals surface area contributed by atoms with Crippen molar-refractivity contribution >= 4 is 11.8 Å². The van der Waals surface area contributed by atoms with Gasteiger partial charge in [0.15, 0.2) is 0 Å². The Hall–Kier alpha value is -1.14. The smallest absolute Gasteiger partial charge is 0.237 e. The molecule has 0 aromatic carbocycles. The van der Waals surface area contributed by atoms with Gasteiger partial charge in [0.05, 0.1) is 12.1 Å². The van der Waals surface area contributed by atoms with Crippen LogP contribution >= 0.6 is 0 Å². The highest BCUT2D eigenvalue weighted by Crippen LogP contribution is 2.28. The van der Waals surface area contributed by atoms with Crippen LogP contribution < -0.4 is 16.0 Å². The minimum Gasteiger partial charge on any atom is -0.380 e. The Bertz CT molecular complexity index is 318. The number of hydrogen-bond acceptors (Lipinski definition) is 4. The predicted octanol–water partition coefficient (Wildman–Crippen LogP) is -0.994. The van der Waals surface area contributed by atoms with Gasteiger partial charge in [-0.25, -0.2) is 0 Å². The lowest BCUT2D eigenvalue weighted by molar-refractivity contribution is -0.124. The first-order valence-corrected chi connectivity index (χ1v) is 6.52. The zero-order valence-corrected chi connectivity index (χ0v) is 10.7. The first kappa shape index (κ1) is 13.3. The molecule has 2 unspecified atom stereocenters. The lowest BCUT2D eigenvalue weighted by Gasteiger charge is -2.11. The van der Waals surface area contributed by atoms with Crippen molar-refractivity contribution in [3.05, 3.63) is 0 Å². The zero-order chi connectivity index (χ0) is 13.0. The van der Waals surface area contributed by atoms with Crippen LogP contribution in [0.1, 0.15) is 19.3 Å². The van der Waals surface area contributed by atoms with Crippen LogP contribution in [0.3, 0.4) is 0 Å². The summed E-state index contributed by atoms with van der Waals surface area (Å²) >= 11 is 0. The number of hydrogen-bond donors (Lipinski definition) is 3. The summed E-state index contributed by atoms with van der Waals surface area (Å²) in [5.74, 6) is 0.317. The second-order valence-corrected chi connectivity index (χ2v) is 4.91. The molecule has 1 aliphatic heterocycles. The Morgan fingerprint density at radius 2 is 1.89 bits per heavy atom. The SMILES string of the molecule is COC1CNC(C(=O)NCCNC(=O)C2CC2)C1. The molecule has 2 atom stereocenters. The monoisotopic (exact) mass is 255 g/mol. The Kier molecular flexibility index (Phi) is 4.54. The fraction of sp³-hybridized carbons (Fsp3) is 0.833. The lowest BCUT2D eigenvalue weighted by atomic mass is 10.2. The average molecular weight is 255 g/mol. The van der Waals surface area contributed by atoms with E-state index in [9.17, 15) is 9.59 Å². The molecule has 1 saturated heterocycles. The van der Waals surface area contributed by atoms with Crippen molar-refractivity contribution in [2.45, 2.75) is 31.4 Å². The minimum absolute atomic E-state index is 0.0183. The fourth-order valence-corrected chi connectivity index (χ4v) is 2.07. The second kappa shape index (κ2) is 6.15. The molecule has 6 heteroatoms. The predicted molar refractivity (Wildman–Crippen MR) is 65.9 cm³/mol. The van der Waals surface area contributed by atoms with Crippen LogP contribution in [0.4, 0.5) is 0 Å². The van der Waals surface area contributed by atoms with E-state index in [-0.39, 0.29) is 29.9 Å². The quantitative estimate of drug-likeness (QED) is 0.532. The van der Waals surface area contributed by atoms with Crippen LogP contribution in [-0.2, 0) is 14.3 Å². The molecule has 0 bridgehead atoms. The molecule has 0 spiro atoms. The highest BCUT2D eigenvalue weighted by atomic mass is 16.5. The van der Waals surface area contributed by atoms with Crippen molar-refractivity contribution in [2.75, 3.05) is 26.7 Å². The maximum atomic E-state index is 11.8. The summed E-state index contributed by atoms with van der Waals surface area (Å²) in [6, 6.07) is -0.172. The third kappa shape index (κ3) is 3.68. The van der Waals surface area contributed by atoms with E-state index in [0.29, 0.717) is 26.1 Å². The van der Waals surface area contributed by atoms with Gasteiger partial charge in [-0.3, -0.25) is 9.59 Å². The number of carbonyl (C=O) groups is 2. The molecule has 3 N–H and O–H groups in total. The number of rotatable bonds is 6. The normalized spacial score (nSPS) is 26.9. The molecule has 2 amide bonds. The van der Waals surface area contributed by atoms with Crippen molar-refractivity contribution in [3.63, 3.8) is 0 Å². The number of ether oxygens (including phenoxy) is 1. The van der Waals surface area contributed by atoms with Gasteiger partial charge in [0, 0.05) is 32.7 Å². The van der Waals surface area contributed by atoms with Gasteiger partial charge in [-0.05, 0) is 19.3 Å². The molecule has 0 aromatic heterocycles. The van der Waals surface area contributed by atoms with E-state index in [1.165, 1.54) is 0 Å². The van der Waals surface area contributed by atoms with Gasteiger partial charge in [0.1, 0.15) is 0 Å². The fourth-order valence-electron chi connectivity index (χ4n) is 2.07. The Balaban J connectivity index is 1.55. The van der Waals surface area contributed by atoms with E-state index >= 15 is 0 Å². The van der Waals surface area contributed by atoms with E-state index < -0.39 is 0 Å². The molecule has 18 heavy (non-hydrogen) atoms. The summed E-state index contributed by atoms with van der Waals surface area (Å²) in [6.07, 6.45) is 2.83. The van der Waals surface area contributed by atoms with Crippen LogP contribution in [0, 0.1) is 5.92 Å². The second-order valence-electron chi connectivity index (χ2n) is 4.91. The Labute approximate surface area is 107 Å². The van der Waals surface area contributed by atoms with E-state index in [1.807, 2.05) is 0 Å². The summed E-state index contributed by atoms with van der Waals surface area (Å²) < 4.78 is 5.18. The highest BCUT2D eigenvalue weighted by Gasteiger charge is 2.30. The minimum atomic E-state index is -0.172. The molecule has 1 heterocycles. The number of carbonyl (C=O) groups excluding carboxylic acids is 2. The van der Waals surface area contributed by atoms with E-state index in [4.69, 9.17) is 4.74 Å². The van der Waals surface area contributed by atoms with Crippen molar-refractivity contribution in [3.8, 4) is 0 Å². The zero-order valence-electron chi connectivity index (χ0n) is 10.7. The molecule has 0 radical (unpaired) electrons. The van der Waals surface area contributed by atoms with Crippen molar-refractivity contribution < 1.29 is 14.3 Å². The summed E-state index contributed by atoms with van der Waals surface area (Å²) in [5.41, 5.74) is 0. The van der Waals surface area contributed by atoms with Crippen LogP contribution in [0.5, 0.6) is 0 Å². The van der Waals surface area contributed by atoms with Crippen molar-refractivity contribution in [1.82, 2.24) is 16.0 Å².